The van der Waals surface area contributed by atoms with Crippen molar-refractivity contribution in [2.75, 3.05) is 32.7 Å². The molecular weight excluding hydrogens is 398 g/mol. The van der Waals surface area contributed by atoms with Crippen molar-refractivity contribution in [3.8, 4) is 5.75 Å². The summed E-state index contributed by atoms with van der Waals surface area (Å²) in [6, 6.07) is 16.5. The van der Waals surface area contributed by atoms with Crippen LogP contribution in [0.25, 0.3) is 0 Å². The summed E-state index contributed by atoms with van der Waals surface area (Å²) in [6.45, 7) is 15.4. The van der Waals surface area contributed by atoms with Crippen molar-refractivity contribution >= 4 is 5.91 Å². The van der Waals surface area contributed by atoms with E-state index in [0.29, 0.717) is 25.2 Å². The summed E-state index contributed by atoms with van der Waals surface area (Å²) in [7, 11) is 0. The Morgan fingerprint density at radius 2 is 1.69 bits per heavy atom. The van der Waals surface area contributed by atoms with Crippen LogP contribution in [0.3, 0.4) is 0 Å². The van der Waals surface area contributed by atoms with Gasteiger partial charge in [0.1, 0.15) is 5.75 Å². The molecule has 5 heteroatoms. The zero-order valence-electron chi connectivity index (χ0n) is 20.3. The summed E-state index contributed by atoms with van der Waals surface area (Å²) in [5.74, 6) is 0.358. The molecule has 0 radical (unpaired) electrons. The molecule has 0 unspecified atom stereocenters. The van der Waals surface area contributed by atoms with Gasteiger partial charge in [0.15, 0.2) is 0 Å². The molecule has 0 aromatic heterocycles. The first-order valence-corrected chi connectivity index (χ1v) is 12.1. The number of hydrogen-bond donors (Lipinski definition) is 1. The summed E-state index contributed by atoms with van der Waals surface area (Å²) < 4.78 is 0. The van der Waals surface area contributed by atoms with Gasteiger partial charge in [-0.1, -0.05) is 31.2 Å². The molecule has 0 aliphatic carbocycles. The molecule has 1 heterocycles. The molecule has 2 aromatic carbocycles. The molecule has 3 rings (SSSR count). The zero-order chi connectivity index (χ0) is 23.3. The first-order valence-electron chi connectivity index (χ1n) is 12.1. The minimum atomic E-state index is 0.0286. The van der Waals surface area contributed by atoms with Gasteiger partial charge in [-0.2, -0.15) is 0 Å². The number of carbonyl (C=O) groups excluding carboxylic acids is 1. The Kier molecular flexibility index (Phi) is 8.32. The number of piperazine rings is 1. The van der Waals surface area contributed by atoms with Gasteiger partial charge in [0.2, 0.25) is 0 Å². The van der Waals surface area contributed by atoms with Crippen LogP contribution in [0.15, 0.2) is 48.5 Å². The van der Waals surface area contributed by atoms with Gasteiger partial charge >= 0.3 is 0 Å². The van der Waals surface area contributed by atoms with Crippen LogP contribution in [0.1, 0.15) is 68.6 Å². The maximum Gasteiger partial charge on any atom is 0.253 e. The number of aromatic hydroxyl groups is 1. The van der Waals surface area contributed by atoms with Crippen molar-refractivity contribution in [1.82, 2.24) is 14.7 Å². The van der Waals surface area contributed by atoms with Crippen LogP contribution in [0, 0.1) is 0 Å². The van der Waals surface area contributed by atoms with E-state index in [2.05, 4.69) is 48.8 Å². The average Bonchev–Trinajstić information content (AvgIpc) is 2.78. The summed E-state index contributed by atoms with van der Waals surface area (Å²) in [5.41, 5.74) is 2.95. The van der Waals surface area contributed by atoms with E-state index in [-0.39, 0.29) is 17.7 Å². The van der Waals surface area contributed by atoms with Crippen molar-refractivity contribution in [1.29, 1.82) is 0 Å². The summed E-state index contributed by atoms with van der Waals surface area (Å²) in [5, 5.41) is 10.2. The van der Waals surface area contributed by atoms with E-state index in [0.717, 1.165) is 42.7 Å². The smallest absolute Gasteiger partial charge is 0.253 e. The molecule has 0 saturated carbocycles. The van der Waals surface area contributed by atoms with E-state index in [9.17, 15) is 9.90 Å². The Morgan fingerprint density at radius 3 is 2.28 bits per heavy atom. The second-order valence-corrected chi connectivity index (χ2v) is 8.99. The van der Waals surface area contributed by atoms with Crippen molar-refractivity contribution in [3.05, 3.63) is 65.2 Å². The summed E-state index contributed by atoms with van der Waals surface area (Å²) in [6.07, 6.45) is 1.16. The third-order valence-corrected chi connectivity index (χ3v) is 6.72. The molecule has 3 atom stereocenters. The average molecular weight is 438 g/mol. The Balaban J connectivity index is 1.95. The number of phenols is 1. The molecule has 1 fully saturated rings. The van der Waals surface area contributed by atoms with Crippen LogP contribution in [-0.2, 0) is 0 Å². The second kappa shape index (κ2) is 11.0. The molecule has 1 N–H and O–H groups in total. The van der Waals surface area contributed by atoms with Crippen LogP contribution in [-0.4, -0.2) is 70.5 Å². The molecule has 174 valence electrons. The van der Waals surface area contributed by atoms with Crippen LogP contribution in [0.2, 0.25) is 0 Å². The van der Waals surface area contributed by atoms with Gasteiger partial charge in [-0.15, -0.1) is 0 Å². The molecule has 1 aliphatic heterocycles. The van der Waals surface area contributed by atoms with Gasteiger partial charge in [-0.3, -0.25) is 14.6 Å². The Labute approximate surface area is 193 Å². The lowest BCUT2D eigenvalue weighted by atomic mass is 9.92. The number of carbonyl (C=O) groups is 1. The predicted molar refractivity (Wildman–Crippen MR) is 131 cm³/mol. The van der Waals surface area contributed by atoms with Gasteiger partial charge in [0.25, 0.3) is 5.91 Å². The fraction of sp³-hybridized carbons (Fsp3) is 0.519. The number of nitrogens with zero attached hydrogens (tertiary/aromatic N) is 3. The van der Waals surface area contributed by atoms with Gasteiger partial charge in [-0.05, 0) is 76.1 Å². The summed E-state index contributed by atoms with van der Waals surface area (Å²) >= 11 is 0. The molecule has 2 aromatic rings. The highest BCUT2D eigenvalue weighted by Crippen LogP contribution is 2.34. The monoisotopic (exact) mass is 437 g/mol. The van der Waals surface area contributed by atoms with Crippen molar-refractivity contribution < 1.29 is 9.90 Å². The lowest BCUT2D eigenvalue weighted by Crippen LogP contribution is -2.57. The van der Waals surface area contributed by atoms with Gasteiger partial charge < -0.3 is 10.0 Å². The predicted octanol–water partition coefficient (Wildman–Crippen LogP) is 4.77. The maximum atomic E-state index is 12.8. The van der Waals surface area contributed by atoms with Crippen molar-refractivity contribution in [2.24, 2.45) is 0 Å². The normalized spacial score (nSPS) is 20.8. The number of amides is 1. The molecule has 1 aliphatic rings. The lowest BCUT2D eigenvalue weighted by molar-refractivity contribution is 0.0241. The Hall–Kier alpha value is -2.37. The molecule has 0 spiro atoms. The Morgan fingerprint density at radius 1 is 1.00 bits per heavy atom. The van der Waals surface area contributed by atoms with E-state index in [1.165, 1.54) is 0 Å². The standard InChI is InChI=1S/C27H39N3O2/c1-6-16-29-18-21(5)30(19-20(29)4)26(24-10-9-11-25(31)17-24)22-12-14-23(15-13-22)27(32)28(7-2)8-3/h9-15,17,20-21,26,31H,6-8,16,18-19H2,1-5H3/t20-,21-,26+/m1/s1. The minimum absolute atomic E-state index is 0.0286. The van der Waals surface area contributed by atoms with Crippen LogP contribution >= 0.6 is 0 Å². The van der Waals surface area contributed by atoms with Crippen LogP contribution in [0.4, 0.5) is 0 Å². The highest BCUT2D eigenvalue weighted by atomic mass is 16.3. The maximum absolute atomic E-state index is 12.8. The third kappa shape index (κ3) is 5.33. The minimum Gasteiger partial charge on any atom is -0.508 e. The molecule has 0 bridgehead atoms. The van der Waals surface area contributed by atoms with Gasteiger partial charge in [-0.25, -0.2) is 0 Å². The quantitative estimate of drug-likeness (QED) is 0.646. The lowest BCUT2D eigenvalue weighted by Gasteiger charge is -2.47. The zero-order valence-corrected chi connectivity index (χ0v) is 20.3. The fourth-order valence-corrected chi connectivity index (χ4v) is 4.96. The van der Waals surface area contributed by atoms with Crippen molar-refractivity contribution in [2.45, 2.75) is 59.2 Å². The number of rotatable bonds is 8. The Bertz CT molecular complexity index is 879. The van der Waals surface area contributed by atoms with Crippen molar-refractivity contribution in [3.63, 3.8) is 0 Å². The van der Waals surface area contributed by atoms with Gasteiger partial charge in [0.05, 0.1) is 6.04 Å². The highest BCUT2D eigenvalue weighted by molar-refractivity contribution is 5.94. The second-order valence-electron chi connectivity index (χ2n) is 8.99. The van der Waals surface area contributed by atoms with E-state index < -0.39 is 0 Å². The first kappa shape index (κ1) is 24.3. The highest BCUT2D eigenvalue weighted by Gasteiger charge is 2.34. The number of hydrogen-bond acceptors (Lipinski definition) is 4. The summed E-state index contributed by atoms with van der Waals surface area (Å²) in [4.78, 5) is 19.7. The third-order valence-electron chi connectivity index (χ3n) is 6.72. The van der Waals surface area contributed by atoms with E-state index in [4.69, 9.17) is 0 Å². The van der Waals surface area contributed by atoms with Crippen LogP contribution < -0.4 is 0 Å². The SMILES string of the molecule is CCCN1C[C@@H](C)N([C@@H](c2ccc(C(=O)N(CC)CC)cc2)c2cccc(O)c2)C[C@H]1C. The fourth-order valence-electron chi connectivity index (χ4n) is 4.96. The molecular formula is C27H39N3O2. The van der Waals surface area contributed by atoms with E-state index in [1.807, 2.05) is 43.0 Å². The van der Waals surface area contributed by atoms with Gasteiger partial charge in [0, 0.05) is 43.8 Å². The molecule has 1 saturated heterocycles. The molecule has 5 nitrogen and oxygen atoms in total. The molecule has 32 heavy (non-hydrogen) atoms. The number of benzene rings is 2. The molecule has 1 amide bonds. The number of phenolic OH excluding ortho intramolecular Hbond substituents is 1. The van der Waals surface area contributed by atoms with Crippen LogP contribution in [0.5, 0.6) is 5.75 Å². The topological polar surface area (TPSA) is 47.0 Å². The van der Waals surface area contributed by atoms with E-state index in [1.54, 1.807) is 6.07 Å². The largest absolute Gasteiger partial charge is 0.508 e. The first-order chi connectivity index (χ1) is 15.4. The van der Waals surface area contributed by atoms with E-state index >= 15 is 0 Å².